The van der Waals surface area contributed by atoms with Crippen LogP contribution in [0.4, 0.5) is 0 Å². The van der Waals surface area contributed by atoms with Gasteiger partial charge in [0.15, 0.2) is 6.26 Å². The fourth-order valence-corrected chi connectivity index (χ4v) is 3.44. The lowest BCUT2D eigenvalue weighted by molar-refractivity contribution is 0.259. The summed E-state index contributed by atoms with van der Waals surface area (Å²) in [6.45, 7) is 4.78. The Balaban J connectivity index is 2.50. The summed E-state index contributed by atoms with van der Waals surface area (Å²) in [5, 5.41) is 0. The number of nitrogens with zero attached hydrogens (tertiary/aromatic N) is 1. The summed E-state index contributed by atoms with van der Waals surface area (Å²) >= 11 is 0. The molecule has 0 aromatic carbocycles. The van der Waals surface area contributed by atoms with Crippen molar-refractivity contribution in [3.63, 3.8) is 0 Å². The van der Waals surface area contributed by atoms with Gasteiger partial charge in [0, 0.05) is 6.04 Å². The Hall–Kier alpha value is -0.100. The lowest BCUT2D eigenvalue weighted by atomic mass is 9.84. The standard InChI is InChI=1S/C12H25N2O2S/c1-3-9-14(17(2,15)16)10-12(13)11-7-5-4-6-8-11/h11-12H,1,3-10,13H2,2H3/q+1/p+1/t12-/m1/s1. The van der Waals surface area contributed by atoms with Gasteiger partial charge in [-0.05, 0) is 23.0 Å². The van der Waals surface area contributed by atoms with E-state index in [4.69, 9.17) is 5.73 Å². The van der Waals surface area contributed by atoms with Crippen LogP contribution in [0.5, 0.6) is 0 Å². The van der Waals surface area contributed by atoms with Gasteiger partial charge in [-0.2, -0.15) is 4.55 Å². The summed E-state index contributed by atoms with van der Waals surface area (Å²) in [6.07, 6.45) is 8.10. The molecule has 1 rings (SSSR count). The van der Waals surface area contributed by atoms with E-state index in [2.05, 4.69) is 6.92 Å². The topological polar surface area (TPSA) is 66.6 Å². The Bertz CT molecular complexity index is 261. The maximum atomic E-state index is 11.7. The van der Waals surface area contributed by atoms with Crippen LogP contribution in [0, 0.1) is 12.8 Å². The largest absolute Gasteiger partial charge is 0.326 e. The minimum atomic E-state index is -2.90. The number of hydrogen-bond donors (Lipinski definition) is 2. The average molecular weight is 262 g/mol. The lowest BCUT2D eigenvalue weighted by Gasteiger charge is -2.29. The van der Waals surface area contributed by atoms with E-state index in [-0.39, 0.29) is 6.04 Å². The molecule has 2 atom stereocenters. The molecule has 0 radical (unpaired) electrons. The molecular weight excluding hydrogens is 236 g/mol. The fraction of sp³-hybridized carbons (Fsp3) is 0.917. The summed E-state index contributed by atoms with van der Waals surface area (Å²) in [6, 6.07) is 0.00905. The Labute approximate surface area is 106 Å². The van der Waals surface area contributed by atoms with E-state index in [1.807, 2.05) is 0 Å². The second kappa shape index (κ2) is 6.73. The second-order valence-electron chi connectivity index (χ2n) is 5.07. The molecule has 0 amide bonds. The van der Waals surface area contributed by atoms with Crippen molar-refractivity contribution in [3.05, 3.63) is 6.92 Å². The normalized spacial score (nSPS) is 23.5. The van der Waals surface area contributed by atoms with Crippen molar-refractivity contribution >= 4 is 10.4 Å². The van der Waals surface area contributed by atoms with Crippen LogP contribution >= 0.6 is 0 Å². The van der Waals surface area contributed by atoms with Gasteiger partial charge in [0.25, 0.3) is 10.4 Å². The van der Waals surface area contributed by atoms with Crippen LogP contribution in [0.25, 0.3) is 0 Å². The molecule has 3 N–H and O–H groups in total. The molecule has 0 saturated heterocycles. The minimum absolute atomic E-state index is 0.00905. The molecule has 0 aromatic heterocycles. The zero-order chi connectivity index (χ0) is 12.9. The quantitative estimate of drug-likeness (QED) is 0.568. The van der Waals surface area contributed by atoms with Crippen LogP contribution in [0.15, 0.2) is 0 Å². The van der Waals surface area contributed by atoms with Gasteiger partial charge in [0.1, 0.15) is 6.42 Å². The third kappa shape index (κ3) is 4.95. The highest BCUT2D eigenvalue weighted by molar-refractivity contribution is 7.94. The molecule has 0 aromatic rings. The van der Waals surface area contributed by atoms with E-state index in [1.165, 1.54) is 25.5 Å². The van der Waals surface area contributed by atoms with Crippen LogP contribution in [0.2, 0.25) is 0 Å². The Morgan fingerprint density at radius 2 is 2.06 bits per heavy atom. The molecule has 1 aliphatic rings. The average Bonchev–Trinajstić information content (AvgIpc) is 2.28. The zero-order valence-corrected chi connectivity index (χ0v) is 11.6. The number of hydrogen-bond acceptors (Lipinski definition) is 2. The van der Waals surface area contributed by atoms with Crippen LogP contribution in [0.1, 0.15) is 38.5 Å². The van der Waals surface area contributed by atoms with Crippen LogP contribution in [0.3, 0.4) is 0 Å². The van der Waals surface area contributed by atoms with E-state index in [9.17, 15) is 8.76 Å². The summed E-state index contributed by atoms with van der Waals surface area (Å²) < 4.78 is 22.9. The predicted octanol–water partition coefficient (Wildman–Crippen LogP) is 1.94. The van der Waals surface area contributed by atoms with Crippen molar-refractivity contribution in [2.45, 2.75) is 44.6 Å². The van der Waals surface area contributed by atoms with Crippen LogP contribution in [-0.4, -0.2) is 34.2 Å². The molecule has 0 heterocycles. The molecule has 0 bridgehead atoms. The van der Waals surface area contributed by atoms with Crippen molar-refractivity contribution in [2.24, 2.45) is 11.7 Å². The summed E-state index contributed by atoms with van der Waals surface area (Å²) in [5.74, 6) is 0.512. The molecule has 0 aliphatic heterocycles. The van der Waals surface area contributed by atoms with Crippen molar-refractivity contribution < 1.29 is 8.76 Å². The van der Waals surface area contributed by atoms with Crippen molar-refractivity contribution in [1.82, 2.24) is 4.31 Å². The van der Waals surface area contributed by atoms with Gasteiger partial charge in [-0.3, -0.25) is 0 Å². The summed E-state index contributed by atoms with van der Waals surface area (Å²) in [4.78, 5) is 0. The van der Waals surface area contributed by atoms with Crippen LogP contribution in [-0.2, 0) is 14.6 Å². The summed E-state index contributed by atoms with van der Waals surface area (Å²) in [5.41, 5.74) is 6.18. The molecule has 4 nitrogen and oxygen atoms in total. The van der Waals surface area contributed by atoms with Gasteiger partial charge in [0.2, 0.25) is 0 Å². The monoisotopic (exact) mass is 262 g/mol. The second-order valence-corrected chi connectivity index (χ2v) is 7.11. The molecule has 100 valence electrons. The highest BCUT2D eigenvalue weighted by atomic mass is 32.3. The molecule has 1 unspecified atom stereocenters. The lowest BCUT2D eigenvalue weighted by Crippen LogP contribution is -2.47. The van der Waals surface area contributed by atoms with Gasteiger partial charge >= 0.3 is 0 Å². The first-order chi connectivity index (χ1) is 7.95. The van der Waals surface area contributed by atoms with Crippen molar-refractivity contribution in [3.8, 4) is 0 Å². The molecule has 5 heteroatoms. The highest BCUT2D eigenvalue weighted by Crippen LogP contribution is 2.26. The highest BCUT2D eigenvalue weighted by Gasteiger charge is 2.33. The molecule has 17 heavy (non-hydrogen) atoms. The SMILES string of the molecule is [CH2+]CCN(C[C@@H](N)C1CCCCC1)[S+](C)(=O)O. The van der Waals surface area contributed by atoms with E-state index in [0.29, 0.717) is 25.4 Å². The Morgan fingerprint density at radius 1 is 1.47 bits per heavy atom. The smallest absolute Gasteiger partial charge is 0.288 e. The molecule has 0 spiro atoms. The summed E-state index contributed by atoms with van der Waals surface area (Å²) in [7, 11) is -2.90. The van der Waals surface area contributed by atoms with E-state index in [0.717, 1.165) is 12.8 Å². The molecular formula is C12H26N2O2S+2. The maximum Gasteiger partial charge on any atom is 0.288 e. The van der Waals surface area contributed by atoms with E-state index in [1.54, 1.807) is 4.31 Å². The van der Waals surface area contributed by atoms with E-state index < -0.39 is 10.4 Å². The predicted molar refractivity (Wildman–Crippen MR) is 72.7 cm³/mol. The van der Waals surface area contributed by atoms with Crippen LogP contribution < -0.4 is 5.73 Å². The van der Waals surface area contributed by atoms with E-state index >= 15 is 0 Å². The molecule has 1 saturated carbocycles. The Kier molecular flexibility index (Phi) is 5.92. The minimum Gasteiger partial charge on any atom is -0.326 e. The Morgan fingerprint density at radius 3 is 2.53 bits per heavy atom. The molecule has 1 aliphatic carbocycles. The molecule has 1 fully saturated rings. The zero-order valence-electron chi connectivity index (χ0n) is 10.8. The van der Waals surface area contributed by atoms with Gasteiger partial charge in [-0.15, -0.1) is 0 Å². The first-order valence-corrected chi connectivity index (χ1v) is 8.34. The van der Waals surface area contributed by atoms with Gasteiger partial charge in [-0.1, -0.05) is 23.6 Å². The van der Waals surface area contributed by atoms with Gasteiger partial charge in [-0.25, -0.2) is 0 Å². The first kappa shape index (κ1) is 15.0. The number of rotatable bonds is 6. The van der Waals surface area contributed by atoms with Crippen molar-refractivity contribution in [1.29, 1.82) is 0 Å². The first-order valence-electron chi connectivity index (χ1n) is 6.46. The van der Waals surface area contributed by atoms with Gasteiger partial charge < -0.3 is 5.73 Å². The van der Waals surface area contributed by atoms with Gasteiger partial charge in [0.05, 0.1) is 20.0 Å². The third-order valence-corrected chi connectivity index (χ3v) is 4.85. The van der Waals surface area contributed by atoms with Crippen molar-refractivity contribution in [2.75, 3.05) is 19.3 Å². The third-order valence-electron chi connectivity index (χ3n) is 3.56. The maximum absolute atomic E-state index is 11.7. The number of nitrogens with two attached hydrogens (primary N) is 1. The fourth-order valence-electron chi connectivity index (χ4n) is 2.52.